The van der Waals surface area contributed by atoms with Crippen molar-refractivity contribution in [2.45, 2.75) is 39.2 Å². The number of carbonyl (C=O) groups is 2. The van der Waals surface area contributed by atoms with E-state index in [0.717, 1.165) is 28.4 Å². The first-order valence-electron chi connectivity index (χ1n) is 6.70. The average Bonchev–Trinajstić information content (AvgIpc) is 2.81. The highest BCUT2D eigenvalue weighted by Crippen LogP contribution is 2.27. The lowest BCUT2D eigenvalue weighted by atomic mass is 10.0. The molecule has 108 valence electrons. The number of aryl methyl sites for hydroxylation is 2. The first-order valence-corrected chi connectivity index (χ1v) is 7.50. The van der Waals surface area contributed by atoms with E-state index >= 15 is 0 Å². The molecule has 0 saturated heterocycles. The molecule has 4 nitrogen and oxygen atoms in total. The highest BCUT2D eigenvalue weighted by atomic mass is 79.9. The lowest BCUT2D eigenvalue weighted by Gasteiger charge is -2.18. The lowest BCUT2D eigenvalue weighted by molar-refractivity contribution is -0.142. The molecule has 0 unspecified atom stereocenters. The second-order valence-electron chi connectivity index (χ2n) is 5.37. The summed E-state index contributed by atoms with van der Waals surface area (Å²) in [6.07, 6.45) is 2.22. The third-order valence-corrected chi connectivity index (χ3v) is 4.75. The fourth-order valence-electron chi connectivity index (χ4n) is 2.70. The number of hydrogen-bond donors (Lipinski definition) is 2. The van der Waals surface area contributed by atoms with E-state index in [9.17, 15) is 9.59 Å². The molecule has 1 aromatic rings. The van der Waals surface area contributed by atoms with Gasteiger partial charge in [-0.25, -0.2) is 0 Å². The molecule has 2 rings (SSSR count). The number of carboxylic acid groups (broad SMARTS) is 1. The molecule has 2 atom stereocenters. The highest BCUT2D eigenvalue weighted by Gasteiger charge is 2.34. The van der Waals surface area contributed by atoms with Gasteiger partial charge >= 0.3 is 5.97 Å². The maximum atomic E-state index is 12.3. The van der Waals surface area contributed by atoms with Crippen LogP contribution >= 0.6 is 15.9 Å². The minimum Gasteiger partial charge on any atom is -0.481 e. The van der Waals surface area contributed by atoms with Gasteiger partial charge in [0.15, 0.2) is 0 Å². The molecule has 1 saturated carbocycles. The van der Waals surface area contributed by atoms with Crippen LogP contribution in [0.3, 0.4) is 0 Å². The van der Waals surface area contributed by atoms with E-state index in [-0.39, 0.29) is 11.9 Å². The van der Waals surface area contributed by atoms with Gasteiger partial charge < -0.3 is 10.4 Å². The molecule has 0 heterocycles. The Bertz CT molecular complexity index is 556. The van der Waals surface area contributed by atoms with Gasteiger partial charge in [0.2, 0.25) is 0 Å². The molecule has 1 amide bonds. The number of benzene rings is 1. The van der Waals surface area contributed by atoms with Crippen molar-refractivity contribution >= 4 is 27.8 Å². The minimum absolute atomic E-state index is 0.184. The van der Waals surface area contributed by atoms with Crippen LogP contribution in [0.4, 0.5) is 0 Å². The molecule has 0 bridgehead atoms. The maximum Gasteiger partial charge on any atom is 0.308 e. The molecule has 0 radical (unpaired) electrons. The monoisotopic (exact) mass is 339 g/mol. The van der Waals surface area contributed by atoms with Crippen molar-refractivity contribution in [3.8, 4) is 0 Å². The van der Waals surface area contributed by atoms with Gasteiger partial charge in [-0.05, 0) is 49.9 Å². The van der Waals surface area contributed by atoms with E-state index < -0.39 is 11.9 Å². The Morgan fingerprint density at radius 3 is 2.60 bits per heavy atom. The summed E-state index contributed by atoms with van der Waals surface area (Å²) in [5.74, 6) is -1.47. The Kier molecular flexibility index (Phi) is 4.48. The van der Waals surface area contributed by atoms with Crippen molar-refractivity contribution in [1.29, 1.82) is 0 Å². The SMILES string of the molecule is Cc1cc(C(=O)N[C@@H]2CCC[C@@H]2C(=O)O)c(C)cc1Br. The molecule has 5 heteroatoms. The molecule has 1 aliphatic carbocycles. The minimum atomic E-state index is -0.823. The normalized spacial score (nSPS) is 21.8. The fraction of sp³-hybridized carbons (Fsp3) is 0.467. The molecule has 1 aliphatic rings. The van der Waals surface area contributed by atoms with Crippen molar-refractivity contribution in [1.82, 2.24) is 5.32 Å². The predicted molar refractivity (Wildman–Crippen MR) is 79.8 cm³/mol. The van der Waals surface area contributed by atoms with Gasteiger partial charge in [-0.15, -0.1) is 0 Å². The molecule has 0 spiro atoms. The van der Waals surface area contributed by atoms with E-state index in [1.165, 1.54) is 0 Å². The molecule has 0 aliphatic heterocycles. The van der Waals surface area contributed by atoms with Crippen molar-refractivity contribution in [2.24, 2.45) is 5.92 Å². The first-order chi connectivity index (χ1) is 9.40. The Hall–Kier alpha value is -1.36. The number of amides is 1. The third-order valence-electron chi connectivity index (χ3n) is 3.90. The van der Waals surface area contributed by atoms with Gasteiger partial charge in [-0.2, -0.15) is 0 Å². The molecule has 1 fully saturated rings. The van der Waals surface area contributed by atoms with Gasteiger partial charge in [0.1, 0.15) is 0 Å². The van der Waals surface area contributed by atoms with Crippen molar-refractivity contribution in [2.75, 3.05) is 0 Å². The Morgan fingerprint density at radius 2 is 1.95 bits per heavy atom. The molecule has 1 aromatic carbocycles. The summed E-state index contributed by atoms with van der Waals surface area (Å²) in [6.45, 7) is 3.80. The molecule has 20 heavy (non-hydrogen) atoms. The van der Waals surface area contributed by atoms with Crippen LogP contribution in [0.15, 0.2) is 16.6 Å². The number of halogens is 1. The van der Waals surface area contributed by atoms with Crippen LogP contribution < -0.4 is 5.32 Å². The van der Waals surface area contributed by atoms with Gasteiger partial charge in [0, 0.05) is 16.1 Å². The summed E-state index contributed by atoms with van der Waals surface area (Å²) >= 11 is 3.44. The van der Waals surface area contributed by atoms with Crippen molar-refractivity contribution in [3.05, 3.63) is 33.3 Å². The van der Waals surface area contributed by atoms with Crippen LogP contribution in [0.2, 0.25) is 0 Å². The largest absolute Gasteiger partial charge is 0.481 e. The highest BCUT2D eigenvalue weighted by molar-refractivity contribution is 9.10. The second kappa shape index (κ2) is 5.95. The van der Waals surface area contributed by atoms with E-state index in [4.69, 9.17) is 5.11 Å². The third kappa shape index (κ3) is 3.03. The van der Waals surface area contributed by atoms with E-state index in [0.29, 0.717) is 12.0 Å². The number of carboxylic acids is 1. The van der Waals surface area contributed by atoms with Crippen molar-refractivity contribution < 1.29 is 14.7 Å². The van der Waals surface area contributed by atoms with Gasteiger partial charge in [-0.1, -0.05) is 22.4 Å². The quantitative estimate of drug-likeness (QED) is 0.889. The predicted octanol–water partition coefficient (Wildman–Crippen LogP) is 3.05. The van der Waals surface area contributed by atoms with Crippen LogP contribution in [0.25, 0.3) is 0 Å². The lowest BCUT2D eigenvalue weighted by Crippen LogP contribution is -2.40. The Labute approximate surface area is 126 Å². The second-order valence-corrected chi connectivity index (χ2v) is 6.23. The van der Waals surface area contributed by atoms with Crippen LogP contribution in [0, 0.1) is 19.8 Å². The Morgan fingerprint density at radius 1 is 1.25 bits per heavy atom. The molecule has 2 N–H and O–H groups in total. The summed E-state index contributed by atoms with van der Waals surface area (Å²) in [7, 11) is 0. The van der Waals surface area contributed by atoms with E-state index in [2.05, 4.69) is 21.2 Å². The number of carbonyl (C=O) groups excluding carboxylic acids is 1. The number of rotatable bonds is 3. The number of nitrogens with one attached hydrogen (secondary N) is 1. The van der Waals surface area contributed by atoms with E-state index in [1.807, 2.05) is 26.0 Å². The molecular formula is C15H18BrNO3. The van der Waals surface area contributed by atoms with Crippen LogP contribution in [-0.2, 0) is 4.79 Å². The summed E-state index contributed by atoms with van der Waals surface area (Å²) in [5.41, 5.74) is 2.48. The summed E-state index contributed by atoms with van der Waals surface area (Å²) in [4.78, 5) is 23.5. The molecule has 0 aromatic heterocycles. The number of hydrogen-bond acceptors (Lipinski definition) is 2. The first kappa shape index (κ1) is 15.0. The zero-order chi connectivity index (χ0) is 14.9. The summed E-state index contributed by atoms with van der Waals surface area (Å²) in [5, 5.41) is 12.0. The zero-order valence-corrected chi connectivity index (χ0v) is 13.2. The van der Waals surface area contributed by atoms with Crippen LogP contribution in [0.5, 0.6) is 0 Å². The fourth-order valence-corrected chi connectivity index (χ4v) is 3.16. The zero-order valence-electron chi connectivity index (χ0n) is 11.6. The number of aliphatic carboxylic acids is 1. The topological polar surface area (TPSA) is 66.4 Å². The van der Waals surface area contributed by atoms with Crippen LogP contribution in [0.1, 0.15) is 40.7 Å². The van der Waals surface area contributed by atoms with E-state index in [1.54, 1.807) is 0 Å². The smallest absolute Gasteiger partial charge is 0.308 e. The standard InChI is InChI=1S/C15H18BrNO3/c1-8-7-12(16)9(2)6-11(8)14(18)17-13-5-3-4-10(13)15(19)20/h6-7,10,13H,3-5H2,1-2H3,(H,17,18)(H,19,20)/t10-,13+/m0/s1. The van der Waals surface area contributed by atoms with Gasteiger partial charge in [0.05, 0.1) is 5.92 Å². The Balaban J connectivity index is 2.16. The van der Waals surface area contributed by atoms with Gasteiger partial charge in [-0.3, -0.25) is 9.59 Å². The molecular weight excluding hydrogens is 322 g/mol. The van der Waals surface area contributed by atoms with Gasteiger partial charge in [0.25, 0.3) is 5.91 Å². The summed E-state index contributed by atoms with van der Waals surface area (Å²) in [6, 6.07) is 3.48. The average molecular weight is 340 g/mol. The van der Waals surface area contributed by atoms with Crippen LogP contribution in [-0.4, -0.2) is 23.0 Å². The van der Waals surface area contributed by atoms with Crippen molar-refractivity contribution in [3.63, 3.8) is 0 Å². The maximum absolute atomic E-state index is 12.3. The summed E-state index contributed by atoms with van der Waals surface area (Å²) < 4.78 is 0.968.